The largest absolute Gasteiger partial charge is 0.478 e. The van der Waals surface area contributed by atoms with Gasteiger partial charge in [0.1, 0.15) is 18.0 Å². The molecule has 3 rings (SSSR count). The van der Waals surface area contributed by atoms with Crippen molar-refractivity contribution in [3.05, 3.63) is 23.0 Å². The molecule has 206 valence electrons. The highest BCUT2D eigenvalue weighted by Crippen LogP contribution is 2.33. The molecule has 2 aromatic heterocycles. The minimum absolute atomic E-state index is 0.0542. The van der Waals surface area contributed by atoms with E-state index >= 15 is 0 Å². The summed E-state index contributed by atoms with van der Waals surface area (Å²) < 4.78 is 37.9. The van der Waals surface area contributed by atoms with Gasteiger partial charge in [-0.3, -0.25) is 14.1 Å². The van der Waals surface area contributed by atoms with Crippen LogP contribution in [0.25, 0.3) is 0 Å². The van der Waals surface area contributed by atoms with Gasteiger partial charge in [-0.1, -0.05) is 5.16 Å². The number of nitrogens with zero attached hydrogens (tertiary/aromatic N) is 6. The fourth-order valence-electron chi connectivity index (χ4n) is 3.21. The quantitative estimate of drug-likeness (QED) is 0.100. The second-order valence-electron chi connectivity index (χ2n) is 8.33. The Bertz CT molecular complexity index is 1400. The third-order valence-electron chi connectivity index (χ3n) is 5.16. The maximum absolute atomic E-state index is 13.2. The number of primary amides is 1. The number of aromatic nitrogens is 4. The van der Waals surface area contributed by atoms with Crippen molar-refractivity contribution in [2.75, 3.05) is 5.73 Å². The number of nitrogen functional groups attached to an aromatic ring is 1. The topological polar surface area (TPSA) is 273 Å². The van der Waals surface area contributed by atoms with Crippen molar-refractivity contribution < 1.29 is 46.8 Å². The van der Waals surface area contributed by atoms with Gasteiger partial charge in [-0.15, -0.1) is 11.3 Å². The number of hydrogen-bond donors (Lipinski definition) is 4. The number of hydrogen-bond acceptors (Lipinski definition) is 14. The Hall–Kier alpha value is -4.17. The lowest BCUT2D eigenvalue weighted by Gasteiger charge is -2.43. The summed E-state index contributed by atoms with van der Waals surface area (Å²) >= 11 is 0.958. The van der Waals surface area contributed by atoms with Crippen molar-refractivity contribution in [2.45, 2.75) is 45.1 Å². The zero-order chi connectivity index (χ0) is 28.4. The van der Waals surface area contributed by atoms with Crippen LogP contribution < -0.4 is 11.5 Å². The molecular weight excluding hydrogens is 552 g/mol. The Morgan fingerprint density at radius 2 is 2.00 bits per heavy atom. The highest BCUT2D eigenvalue weighted by atomic mass is 32.2. The van der Waals surface area contributed by atoms with Gasteiger partial charge in [0, 0.05) is 11.8 Å². The molecule has 1 fully saturated rings. The fourth-order valence-corrected chi connectivity index (χ4v) is 4.68. The average Bonchev–Trinajstić information content (AvgIpc) is 3.43. The SMILES string of the molecule is CC(C)(O/N=C(\C(=O)C[C@@H]1C(=O)N(S(=O)(=O)O)[C@@H]1Cn1ncc(COC(N)=O)n1)c1csc(N)n1)C(=O)O. The van der Waals surface area contributed by atoms with Crippen LogP contribution in [0.3, 0.4) is 0 Å². The van der Waals surface area contributed by atoms with E-state index in [-0.39, 0.29) is 34.0 Å². The first kappa shape index (κ1) is 28.4. The number of ether oxygens (including phenoxy) is 1. The number of amides is 2. The summed E-state index contributed by atoms with van der Waals surface area (Å²) in [6.45, 7) is 1.67. The molecule has 0 aliphatic carbocycles. The van der Waals surface area contributed by atoms with Crippen LogP contribution in [-0.2, 0) is 47.4 Å². The molecule has 0 unspecified atom stereocenters. The fraction of sp³-hybridized carbons (Fsp3) is 0.444. The number of ketones is 1. The van der Waals surface area contributed by atoms with Gasteiger partial charge in [0.05, 0.1) is 24.7 Å². The minimum atomic E-state index is -5.01. The molecule has 20 heteroatoms. The van der Waals surface area contributed by atoms with Crippen LogP contribution in [0.15, 0.2) is 16.7 Å². The van der Waals surface area contributed by atoms with E-state index in [2.05, 4.69) is 25.1 Å². The molecule has 2 aromatic rings. The van der Waals surface area contributed by atoms with E-state index in [0.29, 0.717) is 0 Å². The Labute approximate surface area is 218 Å². The van der Waals surface area contributed by atoms with Gasteiger partial charge in [-0.25, -0.2) is 18.9 Å². The van der Waals surface area contributed by atoms with E-state index in [1.165, 1.54) is 25.4 Å². The summed E-state index contributed by atoms with van der Waals surface area (Å²) in [6.07, 6.45) is -0.489. The number of anilines is 1. The summed E-state index contributed by atoms with van der Waals surface area (Å²) in [6, 6.07) is -1.29. The van der Waals surface area contributed by atoms with Crippen LogP contribution >= 0.6 is 11.3 Å². The van der Waals surface area contributed by atoms with Crippen LogP contribution in [0.4, 0.5) is 9.93 Å². The van der Waals surface area contributed by atoms with E-state index in [1.54, 1.807) is 0 Å². The summed E-state index contributed by atoms with van der Waals surface area (Å²) in [5.41, 5.74) is 8.32. The maximum Gasteiger partial charge on any atom is 0.404 e. The van der Waals surface area contributed by atoms with Gasteiger partial charge >= 0.3 is 22.4 Å². The second-order valence-corrected chi connectivity index (χ2v) is 10.5. The molecule has 0 bridgehead atoms. The number of rotatable bonds is 12. The summed E-state index contributed by atoms with van der Waals surface area (Å²) in [4.78, 5) is 57.9. The van der Waals surface area contributed by atoms with Gasteiger partial charge in [-0.2, -0.15) is 23.4 Å². The minimum Gasteiger partial charge on any atom is -0.478 e. The van der Waals surface area contributed by atoms with Crippen molar-refractivity contribution in [2.24, 2.45) is 16.8 Å². The molecule has 0 aromatic carbocycles. The molecule has 0 radical (unpaired) electrons. The Balaban J connectivity index is 1.85. The van der Waals surface area contributed by atoms with Crippen LogP contribution in [0, 0.1) is 5.92 Å². The molecular formula is C18H22N8O10S2. The second kappa shape index (κ2) is 10.7. The number of oxime groups is 1. The third-order valence-corrected chi connectivity index (χ3v) is 6.78. The number of aliphatic carboxylic acids is 1. The van der Waals surface area contributed by atoms with E-state index in [0.717, 1.165) is 16.1 Å². The van der Waals surface area contributed by atoms with Crippen molar-refractivity contribution in [1.82, 2.24) is 24.3 Å². The monoisotopic (exact) mass is 574 g/mol. The van der Waals surface area contributed by atoms with E-state index < -0.39 is 63.8 Å². The third kappa shape index (κ3) is 6.39. The summed E-state index contributed by atoms with van der Waals surface area (Å²) in [7, 11) is -5.01. The number of thiazole rings is 1. The zero-order valence-corrected chi connectivity index (χ0v) is 21.4. The van der Waals surface area contributed by atoms with Crippen LogP contribution in [-0.4, -0.2) is 83.5 Å². The molecule has 38 heavy (non-hydrogen) atoms. The standard InChI is InChI=1S/C18H22N8O10S2/c1-18(2,15(29)30)36-24-13(10-7-37-16(19)22-10)12(27)3-9-11(26(14(9)28)38(32,33)34)5-25-21-4-8(23-25)6-35-17(20)31/h4,7,9,11H,3,5-6H2,1-2H3,(H2,19,22)(H2,20,31)(H,29,30)(H,32,33,34)/b24-13-/t9-,11+/m0/s1. The van der Waals surface area contributed by atoms with Gasteiger partial charge in [0.15, 0.2) is 16.6 Å². The normalized spacial score (nSPS) is 18.1. The molecule has 0 spiro atoms. The van der Waals surface area contributed by atoms with E-state index in [4.69, 9.17) is 16.3 Å². The lowest BCUT2D eigenvalue weighted by atomic mass is 9.84. The number of carbonyl (C=O) groups is 4. The molecule has 0 saturated carbocycles. The first-order chi connectivity index (χ1) is 17.6. The zero-order valence-electron chi connectivity index (χ0n) is 19.7. The lowest BCUT2D eigenvalue weighted by molar-refractivity contribution is -0.161. The molecule has 6 N–H and O–H groups in total. The van der Waals surface area contributed by atoms with Crippen molar-refractivity contribution in [1.29, 1.82) is 0 Å². The number of carbonyl (C=O) groups excluding carboxylic acids is 3. The van der Waals surface area contributed by atoms with Crippen LogP contribution in [0.5, 0.6) is 0 Å². The maximum atomic E-state index is 13.2. The predicted octanol–water partition coefficient (Wildman–Crippen LogP) is -1.21. The first-order valence-corrected chi connectivity index (χ1v) is 12.7. The summed E-state index contributed by atoms with van der Waals surface area (Å²) in [5.74, 6) is -4.59. The van der Waals surface area contributed by atoms with Crippen molar-refractivity contribution >= 4 is 56.2 Å². The number of Topliss-reactive ketones (excluding diaryl/α,β-unsaturated/α-hetero) is 1. The van der Waals surface area contributed by atoms with Gasteiger partial charge in [0.25, 0.3) is 0 Å². The van der Waals surface area contributed by atoms with E-state index in [9.17, 15) is 37.3 Å². The number of β-lactam (4-membered cyclic amide) rings is 1. The molecule has 1 aliphatic rings. The Kier molecular flexibility index (Phi) is 7.98. The van der Waals surface area contributed by atoms with Crippen LogP contribution in [0.2, 0.25) is 0 Å². The van der Waals surface area contributed by atoms with Crippen LogP contribution in [0.1, 0.15) is 31.7 Å². The number of carboxylic acid groups (broad SMARTS) is 1. The summed E-state index contributed by atoms with van der Waals surface area (Å²) in [5, 5.41) is 22.2. The average molecular weight is 575 g/mol. The molecule has 18 nitrogen and oxygen atoms in total. The highest BCUT2D eigenvalue weighted by Gasteiger charge is 2.54. The molecule has 2 atom stereocenters. The van der Waals surface area contributed by atoms with Gasteiger partial charge in [0.2, 0.25) is 11.5 Å². The molecule has 1 aliphatic heterocycles. The molecule has 3 heterocycles. The molecule has 2 amide bonds. The number of carboxylic acids is 1. The molecule has 1 saturated heterocycles. The highest BCUT2D eigenvalue weighted by molar-refractivity contribution is 7.84. The first-order valence-electron chi connectivity index (χ1n) is 10.5. The lowest BCUT2D eigenvalue weighted by Crippen LogP contribution is -2.64. The smallest absolute Gasteiger partial charge is 0.404 e. The van der Waals surface area contributed by atoms with E-state index in [1.807, 2.05) is 0 Å². The Morgan fingerprint density at radius 1 is 1.32 bits per heavy atom. The number of nitrogens with two attached hydrogens (primary N) is 2. The predicted molar refractivity (Wildman–Crippen MR) is 126 cm³/mol. The van der Waals surface area contributed by atoms with Crippen molar-refractivity contribution in [3.8, 4) is 0 Å². The van der Waals surface area contributed by atoms with Crippen molar-refractivity contribution in [3.63, 3.8) is 0 Å². The van der Waals surface area contributed by atoms with Gasteiger partial charge < -0.3 is 26.1 Å². The Morgan fingerprint density at radius 3 is 2.55 bits per heavy atom. The van der Waals surface area contributed by atoms with Gasteiger partial charge in [-0.05, 0) is 13.8 Å².